The first-order valence-corrected chi connectivity index (χ1v) is 6.22. The molecule has 0 heterocycles. The summed E-state index contributed by atoms with van der Waals surface area (Å²) < 4.78 is 38.3. The highest BCUT2D eigenvalue weighted by atomic mass is 19.4. The lowest BCUT2D eigenvalue weighted by Gasteiger charge is -2.29. The fourth-order valence-electron chi connectivity index (χ4n) is 2.56. The third kappa shape index (κ3) is 2.94. The van der Waals surface area contributed by atoms with Crippen molar-refractivity contribution in [2.24, 2.45) is 0 Å². The molecule has 0 bridgehead atoms. The average Bonchev–Trinajstić information content (AvgIpc) is 2.79. The quantitative estimate of drug-likeness (QED) is 0.743. The topological polar surface area (TPSA) is 58.3 Å². The zero-order valence-electron chi connectivity index (χ0n) is 10.4. The largest absolute Gasteiger partial charge is 0.418 e. The molecular weight excluding hydrogens is 257 g/mol. The third-order valence-electron chi connectivity index (χ3n) is 3.63. The predicted octanol–water partition coefficient (Wildman–Crippen LogP) is 3.00. The maximum absolute atomic E-state index is 12.8. The Labute approximate surface area is 109 Å². The van der Waals surface area contributed by atoms with E-state index in [0.717, 1.165) is 31.7 Å². The second kappa shape index (κ2) is 4.92. The molecule has 1 saturated carbocycles. The van der Waals surface area contributed by atoms with Crippen LogP contribution in [0.25, 0.3) is 0 Å². The van der Waals surface area contributed by atoms with E-state index in [1.54, 1.807) is 0 Å². The summed E-state index contributed by atoms with van der Waals surface area (Å²) in [6.07, 6.45) is -1.02. The summed E-state index contributed by atoms with van der Waals surface area (Å²) in [6, 6.07) is 3.76. The van der Waals surface area contributed by atoms with Crippen LogP contribution < -0.4 is 11.1 Å². The van der Waals surface area contributed by atoms with Crippen molar-refractivity contribution in [2.75, 3.05) is 17.7 Å². The zero-order valence-corrected chi connectivity index (χ0v) is 10.4. The molecule has 1 aliphatic rings. The van der Waals surface area contributed by atoms with E-state index in [0.29, 0.717) is 5.69 Å². The molecular formula is C13H17F3N2O. The smallest absolute Gasteiger partial charge is 0.398 e. The van der Waals surface area contributed by atoms with Gasteiger partial charge in [0, 0.05) is 11.4 Å². The van der Waals surface area contributed by atoms with Crippen molar-refractivity contribution in [1.82, 2.24) is 0 Å². The number of halogens is 3. The van der Waals surface area contributed by atoms with Gasteiger partial charge in [0.1, 0.15) is 0 Å². The molecule has 0 unspecified atom stereocenters. The Morgan fingerprint density at radius 3 is 2.42 bits per heavy atom. The van der Waals surface area contributed by atoms with Crippen molar-refractivity contribution in [3.8, 4) is 0 Å². The van der Waals surface area contributed by atoms with E-state index >= 15 is 0 Å². The summed E-state index contributed by atoms with van der Waals surface area (Å²) in [4.78, 5) is 0. The third-order valence-corrected chi connectivity index (χ3v) is 3.63. The number of alkyl halides is 3. The van der Waals surface area contributed by atoms with Gasteiger partial charge in [-0.2, -0.15) is 13.2 Å². The van der Waals surface area contributed by atoms with Crippen molar-refractivity contribution in [1.29, 1.82) is 0 Å². The highest BCUT2D eigenvalue weighted by molar-refractivity contribution is 5.59. The molecule has 0 atom stereocenters. The van der Waals surface area contributed by atoms with Crippen LogP contribution in [0.2, 0.25) is 0 Å². The molecule has 0 radical (unpaired) electrons. The van der Waals surface area contributed by atoms with E-state index in [4.69, 9.17) is 5.73 Å². The summed E-state index contributed by atoms with van der Waals surface area (Å²) in [7, 11) is 0. The van der Waals surface area contributed by atoms with Crippen LogP contribution in [0.1, 0.15) is 31.2 Å². The van der Waals surface area contributed by atoms with Crippen molar-refractivity contribution < 1.29 is 18.3 Å². The molecule has 3 nitrogen and oxygen atoms in total. The van der Waals surface area contributed by atoms with Gasteiger partial charge in [0.05, 0.1) is 17.7 Å². The van der Waals surface area contributed by atoms with Gasteiger partial charge < -0.3 is 16.2 Å². The molecule has 1 aromatic rings. The molecule has 0 amide bonds. The van der Waals surface area contributed by atoms with Gasteiger partial charge in [-0.15, -0.1) is 0 Å². The predicted molar refractivity (Wildman–Crippen MR) is 67.8 cm³/mol. The minimum Gasteiger partial charge on any atom is -0.398 e. The maximum atomic E-state index is 12.8. The van der Waals surface area contributed by atoms with Gasteiger partial charge in [0.25, 0.3) is 0 Å². The highest BCUT2D eigenvalue weighted by Gasteiger charge is 2.35. The summed E-state index contributed by atoms with van der Waals surface area (Å²) >= 11 is 0. The molecule has 0 aromatic heterocycles. The fraction of sp³-hybridized carbons (Fsp3) is 0.538. The van der Waals surface area contributed by atoms with Crippen LogP contribution >= 0.6 is 0 Å². The monoisotopic (exact) mass is 274 g/mol. The number of rotatable bonds is 3. The second-order valence-electron chi connectivity index (χ2n) is 5.07. The first-order chi connectivity index (χ1) is 8.86. The van der Waals surface area contributed by atoms with Gasteiger partial charge in [-0.1, -0.05) is 12.8 Å². The first-order valence-electron chi connectivity index (χ1n) is 6.22. The molecule has 4 N–H and O–H groups in total. The zero-order chi connectivity index (χ0) is 14.1. The van der Waals surface area contributed by atoms with E-state index in [2.05, 4.69) is 5.32 Å². The summed E-state index contributed by atoms with van der Waals surface area (Å²) in [5.74, 6) is 0. The number of anilines is 2. The Kier molecular flexibility index (Phi) is 3.62. The molecule has 106 valence electrons. The number of hydrogen-bond acceptors (Lipinski definition) is 3. The number of benzene rings is 1. The molecule has 0 spiro atoms. The standard InChI is InChI=1S/C13H17F3N2O/c14-13(15,16)10-7-9(3-4-11(10)17)18-12(8-19)5-1-2-6-12/h3-4,7,18-19H,1-2,5-6,8,17H2. The lowest BCUT2D eigenvalue weighted by Crippen LogP contribution is -2.39. The van der Waals surface area contributed by atoms with Crippen molar-refractivity contribution >= 4 is 11.4 Å². The first kappa shape index (κ1) is 14.0. The Bertz CT molecular complexity index is 454. The van der Waals surface area contributed by atoms with Crippen LogP contribution in [0, 0.1) is 0 Å². The van der Waals surface area contributed by atoms with Gasteiger partial charge in [0.2, 0.25) is 0 Å². The number of aliphatic hydroxyl groups excluding tert-OH is 1. The van der Waals surface area contributed by atoms with Gasteiger partial charge >= 0.3 is 6.18 Å². The minimum atomic E-state index is -4.47. The number of aliphatic hydroxyl groups is 1. The molecule has 1 aromatic carbocycles. The summed E-state index contributed by atoms with van der Waals surface area (Å²) in [5.41, 5.74) is 4.06. The maximum Gasteiger partial charge on any atom is 0.418 e. The Balaban J connectivity index is 2.26. The number of hydrogen-bond donors (Lipinski definition) is 3. The molecule has 1 fully saturated rings. The van der Waals surface area contributed by atoms with E-state index in [1.165, 1.54) is 12.1 Å². The van der Waals surface area contributed by atoms with E-state index in [-0.39, 0.29) is 12.3 Å². The molecule has 1 aliphatic carbocycles. The SMILES string of the molecule is Nc1ccc(NC2(CO)CCCC2)cc1C(F)(F)F. The number of nitrogens with one attached hydrogen (secondary N) is 1. The van der Waals surface area contributed by atoms with E-state index < -0.39 is 17.3 Å². The van der Waals surface area contributed by atoms with E-state index in [1.807, 2.05) is 0 Å². The minimum absolute atomic E-state index is 0.0846. The summed E-state index contributed by atoms with van der Waals surface area (Å²) in [6.45, 7) is -0.0846. The van der Waals surface area contributed by atoms with Gasteiger partial charge in [-0.3, -0.25) is 0 Å². The Morgan fingerprint density at radius 1 is 1.26 bits per heavy atom. The number of nitrogens with two attached hydrogens (primary N) is 1. The molecule has 2 rings (SSSR count). The van der Waals surface area contributed by atoms with Crippen LogP contribution in [-0.4, -0.2) is 17.3 Å². The van der Waals surface area contributed by atoms with Crippen LogP contribution in [0.4, 0.5) is 24.5 Å². The van der Waals surface area contributed by atoms with Crippen molar-refractivity contribution in [2.45, 2.75) is 37.4 Å². The number of nitrogen functional groups attached to an aromatic ring is 1. The second-order valence-corrected chi connectivity index (χ2v) is 5.07. The van der Waals surface area contributed by atoms with Crippen LogP contribution in [-0.2, 0) is 6.18 Å². The highest BCUT2D eigenvalue weighted by Crippen LogP contribution is 2.37. The fourth-order valence-corrected chi connectivity index (χ4v) is 2.56. The van der Waals surface area contributed by atoms with Crippen LogP contribution in [0.3, 0.4) is 0 Å². The molecule has 6 heteroatoms. The average molecular weight is 274 g/mol. The van der Waals surface area contributed by atoms with Gasteiger partial charge in [-0.05, 0) is 31.0 Å². The molecule has 0 aliphatic heterocycles. The van der Waals surface area contributed by atoms with Crippen LogP contribution in [0.15, 0.2) is 18.2 Å². The van der Waals surface area contributed by atoms with Crippen LogP contribution in [0.5, 0.6) is 0 Å². The van der Waals surface area contributed by atoms with Gasteiger partial charge in [0.15, 0.2) is 0 Å². The Morgan fingerprint density at radius 2 is 1.89 bits per heavy atom. The molecule has 19 heavy (non-hydrogen) atoms. The van der Waals surface area contributed by atoms with Crippen molar-refractivity contribution in [3.05, 3.63) is 23.8 Å². The van der Waals surface area contributed by atoms with Crippen molar-refractivity contribution in [3.63, 3.8) is 0 Å². The lowest BCUT2D eigenvalue weighted by atomic mass is 9.98. The normalized spacial score (nSPS) is 18.5. The Hall–Kier alpha value is -1.43. The van der Waals surface area contributed by atoms with E-state index in [9.17, 15) is 18.3 Å². The summed E-state index contributed by atoms with van der Waals surface area (Å²) in [5, 5.41) is 12.5. The molecule has 0 saturated heterocycles. The lowest BCUT2D eigenvalue weighted by molar-refractivity contribution is -0.136. The van der Waals surface area contributed by atoms with Gasteiger partial charge in [-0.25, -0.2) is 0 Å².